The number of hydrogen-bond donors (Lipinski definition) is 2. The third kappa shape index (κ3) is 4.57. The molecule has 1 aliphatic carbocycles. The first-order valence-corrected chi connectivity index (χ1v) is 16.3. The van der Waals surface area contributed by atoms with E-state index >= 15 is 0 Å². The molecule has 0 fully saturated rings. The molecule has 9 rings (SSSR count). The smallest absolute Gasteiger partial charge is 0.0792 e. The van der Waals surface area contributed by atoms with Crippen LogP contribution in [-0.2, 0) is 0 Å². The highest BCUT2D eigenvalue weighted by atomic mass is 15.5. The number of hydrazine groups is 1. The van der Waals surface area contributed by atoms with Crippen LogP contribution in [-0.4, -0.2) is 10.6 Å². The third-order valence-electron chi connectivity index (χ3n) is 9.77. The number of nitrogens with one attached hydrogen (secondary N) is 1. The zero-order chi connectivity index (χ0) is 31.3. The molecule has 4 heteroatoms. The molecule has 1 aromatic heterocycles. The van der Waals surface area contributed by atoms with Crippen molar-refractivity contribution in [2.45, 2.75) is 18.0 Å². The molecule has 0 saturated carbocycles. The zero-order valence-corrected chi connectivity index (χ0v) is 25.9. The first-order valence-electron chi connectivity index (χ1n) is 16.3. The van der Waals surface area contributed by atoms with Gasteiger partial charge in [0.2, 0.25) is 0 Å². The van der Waals surface area contributed by atoms with Crippen molar-refractivity contribution in [1.29, 1.82) is 0 Å². The molecule has 47 heavy (non-hydrogen) atoms. The molecule has 1 aliphatic heterocycles. The molecule has 4 nitrogen and oxygen atoms in total. The summed E-state index contributed by atoms with van der Waals surface area (Å²) in [7, 11) is 0. The lowest BCUT2D eigenvalue weighted by molar-refractivity contribution is 0.718. The molecule has 0 saturated heterocycles. The normalized spacial score (nSPS) is 17.4. The second kappa shape index (κ2) is 11.2. The van der Waals surface area contributed by atoms with E-state index in [-0.39, 0.29) is 18.0 Å². The molecule has 3 atom stereocenters. The van der Waals surface area contributed by atoms with Crippen LogP contribution in [0, 0.1) is 0 Å². The largest absolute Gasteiger partial charge is 0.320 e. The van der Waals surface area contributed by atoms with Crippen LogP contribution in [0.15, 0.2) is 170 Å². The summed E-state index contributed by atoms with van der Waals surface area (Å²) in [6.45, 7) is 0. The van der Waals surface area contributed by atoms with Crippen LogP contribution in [0.2, 0.25) is 0 Å². The second-order valence-electron chi connectivity index (χ2n) is 12.4. The molecule has 2 heterocycles. The zero-order valence-electron chi connectivity index (χ0n) is 25.9. The predicted octanol–water partition coefficient (Wildman–Crippen LogP) is 9.78. The molecule has 3 unspecified atom stereocenters. The first kappa shape index (κ1) is 27.5. The number of aromatic nitrogens is 1. The summed E-state index contributed by atoms with van der Waals surface area (Å²) in [4.78, 5) is 0. The molecule has 0 amide bonds. The summed E-state index contributed by atoms with van der Waals surface area (Å²) in [6.07, 6.45) is 7.09. The van der Waals surface area contributed by atoms with Crippen molar-refractivity contribution in [3.05, 3.63) is 192 Å². The van der Waals surface area contributed by atoms with Gasteiger partial charge in [0.05, 0.1) is 34.5 Å². The second-order valence-corrected chi connectivity index (χ2v) is 12.4. The van der Waals surface area contributed by atoms with Crippen LogP contribution < -0.4 is 16.2 Å². The van der Waals surface area contributed by atoms with E-state index in [1.807, 2.05) is 18.2 Å². The van der Waals surface area contributed by atoms with Gasteiger partial charge < -0.3 is 10.3 Å². The highest BCUT2D eigenvalue weighted by Gasteiger charge is 2.38. The summed E-state index contributed by atoms with van der Waals surface area (Å²) in [5, 5.41) is 4.84. The van der Waals surface area contributed by atoms with Gasteiger partial charge in [-0.3, -0.25) is 10.4 Å². The Kier molecular flexibility index (Phi) is 6.54. The lowest BCUT2D eigenvalue weighted by atomic mass is 9.86. The van der Waals surface area contributed by atoms with Gasteiger partial charge in [-0.15, -0.1) is 0 Å². The maximum atomic E-state index is 6.83. The van der Waals surface area contributed by atoms with Crippen molar-refractivity contribution in [3.8, 4) is 5.69 Å². The molecule has 2 aliphatic rings. The number of allylic oxidation sites excluding steroid dienone is 2. The topological polar surface area (TPSA) is 46.2 Å². The summed E-state index contributed by atoms with van der Waals surface area (Å²) in [6, 6.07) is 53.6. The average Bonchev–Trinajstić information content (AvgIpc) is 3.64. The van der Waals surface area contributed by atoms with Crippen molar-refractivity contribution < 1.29 is 0 Å². The van der Waals surface area contributed by atoms with Gasteiger partial charge in [0.1, 0.15) is 0 Å². The number of nitrogens with two attached hydrogens (primary N) is 1. The predicted molar refractivity (Wildman–Crippen MR) is 196 cm³/mol. The number of nitrogens with zero attached hydrogens (tertiary/aromatic N) is 2. The molecular weight excluding hydrogens is 573 g/mol. The number of hydrogen-bond acceptors (Lipinski definition) is 3. The molecular formula is C43H34N4. The molecule has 6 aromatic carbocycles. The first-order chi connectivity index (χ1) is 23.2. The number of anilines is 2. The maximum Gasteiger partial charge on any atom is 0.0792 e. The van der Waals surface area contributed by atoms with Gasteiger partial charge in [-0.1, -0.05) is 127 Å². The summed E-state index contributed by atoms with van der Waals surface area (Å²) < 4.78 is 2.37. The summed E-state index contributed by atoms with van der Waals surface area (Å²) in [5.41, 5.74) is 22.4. The van der Waals surface area contributed by atoms with E-state index in [4.69, 9.17) is 5.73 Å². The van der Waals surface area contributed by atoms with Gasteiger partial charge in [0.15, 0.2) is 0 Å². The minimum Gasteiger partial charge on any atom is -0.320 e. The molecule has 0 spiro atoms. The molecule has 3 N–H and O–H groups in total. The third-order valence-corrected chi connectivity index (χ3v) is 9.77. The quantitative estimate of drug-likeness (QED) is 0.198. The van der Waals surface area contributed by atoms with E-state index in [2.05, 4.69) is 167 Å². The lowest BCUT2D eigenvalue weighted by Crippen LogP contribution is -2.38. The van der Waals surface area contributed by atoms with E-state index in [0.717, 1.165) is 16.8 Å². The van der Waals surface area contributed by atoms with Crippen LogP contribution in [0.4, 0.5) is 11.4 Å². The minimum absolute atomic E-state index is 0.126. The Labute approximate surface area is 274 Å². The van der Waals surface area contributed by atoms with Crippen LogP contribution in [0.25, 0.3) is 33.1 Å². The van der Waals surface area contributed by atoms with Gasteiger partial charge in [0, 0.05) is 22.4 Å². The van der Waals surface area contributed by atoms with E-state index in [9.17, 15) is 0 Å². The number of rotatable bonds is 6. The number of fused-ring (bicyclic) bond motifs is 6. The fourth-order valence-corrected chi connectivity index (χ4v) is 7.51. The fraction of sp³-hybridized carbons (Fsp3) is 0.0698. The Hall–Kier alpha value is -5.84. The molecule has 0 bridgehead atoms. The van der Waals surface area contributed by atoms with Gasteiger partial charge in [0.25, 0.3) is 0 Å². The Bertz CT molecular complexity index is 2320. The number of para-hydroxylation sites is 4. The summed E-state index contributed by atoms with van der Waals surface area (Å²) in [5.74, 6) is 0.204. The maximum absolute atomic E-state index is 6.83. The Morgan fingerprint density at radius 3 is 2.21 bits per heavy atom. The van der Waals surface area contributed by atoms with Crippen LogP contribution in [0.1, 0.15) is 34.2 Å². The van der Waals surface area contributed by atoms with Crippen LogP contribution in [0.3, 0.4) is 0 Å². The van der Waals surface area contributed by atoms with Gasteiger partial charge in [-0.2, -0.15) is 0 Å². The van der Waals surface area contributed by atoms with Crippen molar-refractivity contribution in [2.24, 2.45) is 5.73 Å². The highest BCUT2D eigenvalue weighted by Crippen LogP contribution is 2.46. The van der Waals surface area contributed by atoms with Gasteiger partial charge in [-0.25, -0.2) is 0 Å². The molecule has 0 radical (unpaired) electrons. The monoisotopic (exact) mass is 606 g/mol. The highest BCUT2D eigenvalue weighted by molar-refractivity contribution is 6.10. The van der Waals surface area contributed by atoms with Crippen molar-refractivity contribution >= 4 is 38.8 Å². The Balaban J connectivity index is 1.09. The average molecular weight is 607 g/mol. The molecule has 7 aromatic rings. The van der Waals surface area contributed by atoms with E-state index in [0.29, 0.717) is 0 Å². The van der Waals surface area contributed by atoms with Crippen molar-refractivity contribution in [1.82, 2.24) is 4.57 Å². The van der Waals surface area contributed by atoms with Crippen LogP contribution in [0.5, 0.6) is 0 Å². The standard InChI is InChI=1S/C43H34N4/c44-43(29-13-3-1-4-14-29)35-19-7-10-20-38(35)45-47-41-22-12-9-18-34(41)37-28-31(24-26-42(37)47)30-23-25-40-36(27-30)33-17-8-11-21-39(33)46(40)32-15-5-2-6-16-32/h1-28,37,42-43,45H,44H2. The minimum atomic E-state index is -0.232. The van der Waals surface area contributed by atoms with Gasteiger partial charge >= 0.3 is 0 Å². The SMILES string of the molecule is NC(c1ccccc1)c1ccccc1NN1c2ccccc2C2C=C(c3ccc4c(c3)c3ccccc3n4-c3ccccc3)C=CC21. The van der Waals surface area contributed by atoms with E-state index < -0.39 is 0 Å². The van der Waals surface area contributed by atoms with E-state index in [1.165, 1.54) is 49.9 Å². The van der Waals surface area contributed by atoms with E-state index in [1.54, 1.807) is 0 Å². The Morgan fingerprint density at radius 2 is 1.34 bits per heavy atom. The lowest BCUT2D eigenvalue weighted by Gasteiger charge is -2.32. The summed E-state index contributed by atoms with van der Waals surface area (Å²) >= 11 is 0. The van der Waals surface area contributed by atoms with Crippen LogP contribution >= 0.6 is 0 Å². The van der Waals surface area contributed by atoms with Crippen molar-refractivity contribution in [2.75, 3.05) is 10.4 Å². The number of benzene rings is 6. The van der Waals surface area contributed by atoms with Gasteiger partial charge in [-0.05, 0) is 70.3 Å². The molecule has 226 valence electrons. The Morgan fingerprint density at radius 1 is 0.638 bits per heavy atom. The van der Waals surface area contributed by atoms with Crippen molar-refractivity contribution in [3.63, 3.8) is 0 Å². The fourth-order valence-electron chi connectivity index (χ4n) is 7.51.